The number of hydrogen-bond acceptors (Lipinski definition) is 5. The second-order valence-electron chi connectivity index (χ2n) is 10.5. The van der Waals surface area contributed by atoms with Crippen LogP contribution in [-0.2, 0) is 20.9 Å². The molecule has 2 fully saturated rings. The van der Waals surface area contributed by atoms with E-state index in [2.05, 4.69) is 11.4 Å². The number of rotatable bonds is 2. The summed E-state index contributed by atoms with van der Waals surface area (Å²) in [4.78, 5) is 52.7. The van der Waals surface area contributed by atoms with E-state index in [9.17, 15) is 19.2 Å². The van der Waals surface area contributed by atoms with Gasteiger partial charge in [-0.2, -0.15) is 0 Å². The minimum Gasteiger partial charge on any atom is -0.444 e. The van der Waals surface area contributed by atoms with E-state index in [1.165, 1.54) is 5.57 Å². The van der Waals surface area contributed by atoms with E-state index in [0.717, 1.165) is 24.0 Å². The fraction of sp³-hybridized carbons (Fsp3) is 0.520. The third kappa shape index (κ3) is 3.92. The number of carbonyl (C=O) groups excluding carboxylic acids is 4. The van der Waals surface area contributed by atoms with Gasteiger partial charge in [-0.15, -0.1) is 0 Å². The minimum atomic E-state index is -0.614. The standard InChI is InChI=1S/C25H29N3O5/c1-24(2,3)33-23(32)27-11-8-18(25(14-27)9-10-25)15-4-5-17-16(12-15)13-28(22(17)31)19-6-7-20(29)26-21(19)30/h4-5,8,12,19H,6-7,9-11,13-14H2,1-3H3,(H,26,29,30). The van der Waals surface area contributed by atoms with Gasteiger partial charge in [-0.05, 0) is 68.9 Å². The van der Waals surface area contributed by atoms with E-state index in [-0.39, 0.29) is 29.7 Å². The molecule has 8 heteroatoms. The Bertz CT molecular complexity index is 1100. The fourth-order valence-corrected chi connectivity index (χ4v) is 5.14. The van der Waals surface area contributed by atoms with Gasteiger partial charge in [-0.1, -0.05) is 12.1 Å². The zero-order valence-corrected chi connectivity index (χ0v) is 19.3. The number of piperidine rings is 1. The normalized spacial score (nSPS) is 23.9. The zero-order chi connectivity index (χ0) is 23.5. The molecule has 0 bridgehead atoms. The van der Waals surface area contributed by atoms with Crippen LogP contribution in [-0.4, -0.2) is 58.3 Å². The number of ether oxygens (including phenoxy) is 1. The van der Waals surface area contributed by atoms with Crippen LogP contribution in [0.1, 0.15) is 67.9 Å². The highest BCUT2D eigenvalue weighted by molar-refractivity contribution is 6.05. The first kappa shape index (κ1) is 21.7. The lowest BCUT2D eigenvalue weighted by atomic mass is 9.85. The Labute approximate surface area is 192 Å². The molecule has 8 nitrogen and oxygen atoms in total. The number of amides is 4. The van der Waals surface area contributed by atoms with Gasteiger partial charge < -0.3 is 14.5 Å². The van der Waals surface area contributed by atoms with Gasteiger partial charge in [0, 0.05) is 37.0 Å². The van der Waals surface area contributed by atoms with Gasteiger partial charge >= 0.3 is 6.09 Å². The lowest BCUT2D eigenvalue weighted by molar-refractivity contribution is -0.136. The Hall–Kier alpha value is -3.16. The summed E-state index contributed by atoms with van der Waals surface area (Å²) in [6.45, 7) is 7.09. The number of nitrogens with one attached hydrogen (secondary N) is 1. The summed E-state index contributed by atoms with van der Waals surface area (Å²) in [5.74, 6) is -0.857. The number of hydrogen-bond donors (Lipinski definition) is 1. The van der Waals surface area contributed by atoms with Gasteiger partial charge in [0.2, 0.25) is 11.8 Å². The van der Waals surface area contributed by atoms with Gasteiger partial charge in [0.05, 0.1) is 0 Å². The summed E-state index contributed by atoms with van der Waals surface area (Å²) in [7, 11) is 0. The highest BCUT2D eigenvalue weighted by Gasteiger charge is 2.50. The monoisotopic (exact) mass is 451 g/mol. The molecule has 3 aliphatic heterocycles. The van der Waals surface area contributed by atoms with Crippen molar-refractivity contribution >= 4 is 29.4 Å². The summed E-state index contributed by atoms with van der Waals surface area (Å²) in [5.41, 5.74) is 3.20. The van der Waals surface area contributed by atoms with Crippen LogP contribution in [0.4, 0.5) is 4.79 Å². The van der Waals surface area contributed by atoms with Gasteiger partial charge in [0.25, 0.3) is 5.91 Å². The molecule has 1 aliphatic carbocycles. The van der Waals surface area contributed by atoms with E-state index < -0.39 is 17.6 Å². The first-order valence-electron chi connectivity index (χ1n) is 11.5. The first-order chi connectivity index (χ1) is 15.6. The maximum absolute atomic E-state index is 13.0. The first-order valence-corrected chi connectivity index (χ1v) is 11.5. The molecule has 3 heterocycles. The highest BCUT2D eigenvalue weighted by atomic mass is 16.6. The minimum absolute atomic E-state index is 0.0602. The van der Waals surface area contributed by atoms with E-state index in [1.54, 1.807) is 9.80 Å². The smallest absolute Gasteiger partial charge is 0.410 e. The third-order valence-electron chi connectivity index (χ3n) is 6.92. The largest absolute Gasteiger partial charge is 0.444 e. The number of carbonyl (C=O) groups is 4. The molecule has 174 valence electrons. The lowest BCUT2D eigenvalue weighted by Crippen LogP contribution is -2.52. The molecular formula is C25H29N3O5. The quantitative estimate of drug-likeness (QED) is 0.698. The van der Waals surface area contributed by atoms with Crippen LogP contribution in [0.25, 0.3) is 5.57 Å². The van der Waals surface area contributed by atoms with Crippen molar-refractivity contribution in [3.63, 3.8) is 0 Å². The van der Waals surface area contributed by atoms with E-state index >= 15 is 0 Å². The van der Waals surface area contributed by atoms with Crippen LogP contribution in [0.3, 0.4) is 0 Å². The van der Waals surface area contributed by atoms with Crippen molar-refractivity contribution in [3.05, 3.63) is 41.0 Å². The molecule has 33 heavy (non-hydrogen) atoms. The van der Waals surface area contributed by atoms with Crippen molar-refractivity contribution in [1.82, 2.24) is 15.1 Å². The van der Waals surface area contributed by atoms with Crippen LogP contribution in [0.2, 0.25) is 0 Å². The van der Waals surface area contributed by atoms with Crippen molar-refractivity contribution in [2.45, 2.75) is 64.6 Å². The van der Waals surface area contributed by atoms with Gasteiger partial charge in [0.15, 0.2) is 0 Å². The van der Waals surface area contributed by atoms with Crippen molar-refractivity contribution in [1.29, 1.82) is 0 Å². The highest BCUT2D eigenvalue weighted by Crippen LogP contribution is 2.57. The Morgan fingerprint density at radius 3 is 2.61 bits per heavy atom. The molecule has 4 amide bonds. The van der Waals surface area contributed by atoms with Crippen molar-refractivity contribution in [2.75, 3.05) is 13.1 Å². The second-order valence-corrected chi connectivity index (χ2v) is 10.5. The van der Waals surface area contributed by atoms with Crippen LogP contribution < -0.4 is 5.32 Å². The molecule has 5 rings (SSSR count). The average molecular weight is 452 g/mol. The molecular weight excluding hydrogens is 422 g/mol. The van der Waals surface area contributed by atoms with Crippen LogP contribution in [0.5, 0.6) is 0 Å². The van der Waals surface area contributed by atoms with Crippen LogP contribution in [0.15, 0.2) is 24.3 Å². The number of benzene rings is 1. The number of imide groups is 1. The number of nitrogens with zero attached hydrogens (tertiary/aromatic N) is 2. The van der Waals surface area contributed by atoms with E-state index in [4.69, 9.17) is 4.74 Å². The Balaban J connectivity index is 1.36. The average Bonchev–Trinajstić information content (AvgIpc) is 3.41. The number of fused-ring (bicyclic) bond motifs is 1. The summed E-state index contributed by atoms with van der Waals surface area (Å²) >= 11 is 0. The predicted molar refractivity (Wildman–Crippen MR) is 120 cm³/mol. The fourth-order valence-electron chi connectivity index (χ4n) is 5.14. The molecule has 1 saturated heterocycles. The summed E-state index contributed by atoms with van der Waals surface area (Å²) in [6, 6.07) is 5.25. The molecule has 1 aromatic carbocycles. The molecule has 1 aromatic rings. The van der Waals surface area contributed by atoms with Crippen molar-refractivity contribution in [2.24, 2.45) is 5.41 Å². The molecule has 0 radical (unpaired) electrons. The van der Waals surface area contributed by atoms with Gasteiger partial charge in [0.1, 0.15) is 11.6 Å². The summed E-state index contributed by atoms with van der Waals surface area (Å²) in [6.07, 6.45) is 4.44. The zero-order valence-electron chi connectivity index (χ0n) is 19.3. The summed E-state index contributed by atoms with van der Waals surface area (Å²) < 4.78 is 5.56. The third-order valence-corrected chi connectivity index (χ3v) is 6.92. The molecule has 1 spiro atoms. The summed E-state index contributed by atoms with van der Waals surface area (Å²) in [5, 5.41) is 2.34. The maximum atomic E-state index is 13.0. The molecule has 1 unspecified atom stereocenters. The Morgan fingerprint density at radius 2 is 1.94 bits per heavy atom. The molecule has 4 aliphatic rings. The molecule has 1 saturated carbocycles. The topological polar surface area (TPSA) is 96.0 Å². The van der Waals surface area contributed by atoms with Crippen molar-refractivity contribution < 1.29 is 23.9 Å². The maximum Gasteiger partial charge on any atom is 0.410 e. The molecule has 0 aromatic heterocycles. The lowest BCUT2D eigenvalue weighted by Gasteiger charge is -2.35. The molecule has 1 atom stereocenters. The van der Waals surface area contributed by atoms with Gasteiger partial charge in [-0.25, -0.2) is 4.79 Å². The Morgan fingerprint density at radius 1 is 1.18 bits per heavy atom. The van der Waals surface area contributed by atoms with Crippen molar-refractivity contribution in [3.8, 4) is 0 Å². The van der Waals surface area contributed by atoms with Gasteiger partial charge in [-0.3, -0.25) is 19.7 Å². The van der Waals surface area contributed by atoms with Crippen LogP contribution >= 0.6 is 0 Å². The van der Waals surface area contributed by atoms with E-state index in [0.29, 0.717) is 31.6 Å². The predicted octanol–water partition coefficient (Wildman–Crippen LogP) is 2.86. The molecule has 1 N–H and O–H groups in total. The van der Waals surface area contributed by atoms with E-state index in [1.807, 2.05) is 39.0 Å². The van der Waals surface area contributed by atoms with Crippen LogP contribution in [0, 0.1) is 5.41 Å². The Kier molecular flexibility index (Phi) is 4.88. The SMILES string of the molecule is CC(C)(C)OC(=O)N1CC=C(c2ccc3c(c2)CN(C2CCC(=O)NC2=O)C3=O)C2(CC2)C1. The second kappa shape index (κ2) is 7.43.